The molecule has 0 aliphatic carbocycles. The molecule has 20 heavy (non-hydrogen) atoms. The number of likely N-dealkylation sites (N-methyl/N-ethyl adjacent to an activating group) is 1. The molecule has 0 radical (unpaired) electrons. The van der Waals surface area contributed by atoms with Gasteiger partial charge in [0.15, 0.2) is 0 Å². The van der Waals surface area contributed by atoms with Crippen molar-refractivity contribution in [3.05, 3.63) is 34.9 Å². The Balaban J connectivity index is 2.82. The summed E-state index contributed by atoms with van der Waals surface area (Å²) in [6.45, 7) is 3.56. The van der Waals surface area contributed by atoms with E-state index in [2.05, 4.69) is 0 Å². The van der Waals surface area contributed by atoms with Gasteiger partial charge in [0.1, 0.15) is 5.75 Å². The zero-order chi connectivity index (χ0) is 15.3. The predicted molar refractivity (Wildman–Crippen MR) is 81.0 cm³/mol. The van der Waals surface area contributed by atoms with Crippen molar-refractivity contribution in [1.82, 2.24) is 4.90 Å². The highest BCUT2D eigenvalue weighted by molar-refractivity contribution is 6.30. The number of aliphatic hydroxyl groups is 1. The standard InChI is InChI=1S/C15H20ClNO3/c1-15(2,19)10-17(3)14(18)8-5-11-9-12(16)6-7-13(11)20-4/h5-9,19H,10H2,1-4H3/b8-5+. The van der Waals surface area contributed by atoms with Crippen LogP contribution in [0.25, 0.3) is 6.08 Å². The van der Waals surface area contributed by atoms with Gasteiger partial charge in [0, 0.05) is 30.3 Å². The first-order valence-corrected chi connectivity index (χ1v) is 6.60. The minimum Gasteiger partial charge on any atom is -0.496 e. The second kappa shape index (κ2) is 6.77. The van der Waals surface area contributed by atoms with Crippen molar-refractivity contribution in [2.75, 3.05) is 20.7 Å². The number of nitrogens with zero attached hydrogens (tertiary/aromatic N) is 1. The fourth-order valence-electron chi connectivity index (χ4n) is 1.78. The van der Waals surface area contributed by atoms with Crippen molar-refractivity contribution < 1.29 is 14.6 Å². The summed E-state index contributed by atoms with van der Waals surface area (Å²) in [5.41, 5.74) is -0.198. The Labute approximate surface area is 124 Å². The van der Waals surface area contributed by atoms with Gasteiger partial charge in [0.25, 0.3) is 0 Å². The maximum Gasteiger partial charge on any atom is 0.246 e. The second-order valence-corrected chi connectivity index (χ2v) is 5.66. The summed E-state index contributed by atoms with van der Waals surface area (Å²) in [6.07, 6.45) is 3.08. The number of hydrogen-bond donors (Lipinski definition) is 1. The number of methoxy groups -OCH3 is 1. The molecule has 0 saturated heterocycles. The lowest BCUT2D eigenvalue weighted by molar-refractivity contribution is -0.127. The number of ether oxygens (including phenoxy) is 1. The van der Waals surface area contributed by atoms with E-state index in [-0.39, 0.29) is 12.5 Å². The molecule has 110 valence electrons. The molecule has 1 N–H and O–H groups in total. The molecule has 0 aliphatic heterocycles. The highest BCUT2D eigenvalue weighted by atomic mass is 35.5. The van der Waals surface area contributed by atoms with E-state index in [9.17, 15) is 9.90 Å². The summed E-state index contributed by atoms with van der Waals surface area (Å²) in [6, 6.07) is 5.19. The molecular formula is C15H20ClNO3. The molecule has 0 fully saturated rings. The molecule has 1 aromatic rings. The van der Waals surface area contributed by atoms with Crippen LogP contribution >= 0.6 is 11.6 Å². The van der Waals surface area contributed by atoms with Gasteiger partial charge in [-0.25, -0.2) is 0 Å². The van der Waals surface area contributed by atoms with Crippen LogP contribution in [-0.4, -0.2) is 42.2 Å². The fraction of sp³-hybridized carbons (Fsp3) is 0.400. The molecule has 0 unspecified atom stereocenters. The van der Waals surface area contributed by atoms with Crippen LogP contribution in [0.3, 0.4) is 0 Å². The highest BCUT2D eigenvalue weighted by Gasteiger charge is 2.17. The Bertz CT molecular complexity index is 506. The van der Waals surface area contributed by atoms with Crippen molar-refractivity contribution in [1.29, 1.82) is 0 Å². The largest absolute Gasteiger partial charge is 0.496 e. The van der Waals surface area contributed by atoms with Gasteiger partial charge in [-0.2, -0.15) is 0 Å². The Morgan fingerprint density at radius 2 is 2.15 bits per heavy atom. The van der Waals surface area contributed by atoms with Gasteiger partial charge >= 0.3 is 0 Å². The summed E-state index contributed by atoms with van der Waals surface area (Å²) in [5.74, 6) is 0.442. The monoisotopic (exact) mass is 297 g/mol. The van der Waals surface area contributed by atoms with Gasteiger partial charge in [0.2, 0.25) is 5.91 Å². The quantitative estimate of drug-likeness (QED) is 0.850. The van der Waals surface area contributed by atoms with Crippen LogP contribution in [0.2, 0.25) is 5.02 Å². The number of hydrogen-bond acceptors (Lipinski definition) is 3. The van der Waals surface area contributed by atoms with Gasteiger partial charge in [-0.3, -0.25) is 4.79 Å². The average molecular weight is 298 g/mol. The molecule has 5 heteroatoms. The maximum absolute atomic E-state index is 11.9. The third-order valence-corrected chi connectivity index (χ3v) is 2.83. The van der Waals surface area contributed by atoms with Gasteiger partial charge in [-0.15, -0.1) is 0 Å². The molecule has 0 heterocycles. The topological polar surface area (TPSA) is 49.8 Å². The van der Waals surface area contributed by atoms with Gasteiger partial charge < -0.3 is 14.7 Å². The highest BCUT2D eigenvalue weighted by Crippen LogP contribution is 2.23. The predicted octanol–water partition coefficient (Wildman–Crippen LogP) is 2.59. The fourth-order valence-corrected chi connectivity index (χ4v) is 1.96. The molecular weight excluding hydrogens is 278 g/mol. The smallest absolute Gasteiger partial charge is 0.246 e. The summed E-state index contributed by atoms with van der Waals surface area (Å²) in [4.78, 5) is 13.4. The summed E-state index contributed by atoms with van der Waals surface area (Å²) in [7, 11) is 3.20. The summed E-state index contributed by atoms with van der Waals surface area (Å²) >= 11 is 5.92. The Kier molecular flexibility index (Phi) is 5.60. The Morgan fingerprint density at radius 1 is 1.50 bits per heavy atom. The number of halogens is 1. The van der Waals surface area contributed by atoms with E-state index in [0.29, 0.717) is 10.8 Å². The lowest BCUT2D eigenvalue weighted by atomic mass is 10.1. The van der Waals surface area contributed by atoms with E-state index in [1.165, 1.54) is 11.0 Å². The van der Waals surface area contributed by atoms with Crippen LogP contribution in [0, 0.1) is 0 Å². The lowest BCUT2D eigenvalue weighted by Crippen LogP contribution is -2.38. The molecule has 0 spiro atoms. The van der Waals surface area contributed by atoms with Crippen LogP contribution in [0.4, 0.5) is 0 Å². The Hall–Kier alpha value is -1.52. The van der Waals surface area contributed by atoms with Crippen LogP contribution in [0.1, 0.15) is 19.4 Å². The first-order chi connectivity index (χ1) is 9.23. The average Bonchev–Trinajstić information content (AvgIpc) is 2.34. The van der Waals surface area contributed by atoms with E-state index in [1.54, 1.807) is 52.3 Å². The first kappa shape index (κ1) is 16.5. The van der Waals surface area contributed by atoms with Gasteiger partial charge in [-0.05, 0) is 38.1 Å². The molecule has 0 aromatic heterocycles. The van der Waals surface area contributed by atoms with Crippen molar-refractivity contribution in [3.8, 4) is 5.75 Å². The number of carbonyl (C=O) groups excluding carboxylic acids is 1. The molecule has 0 aliphatic rings. The maximum atomic E-state index is 11.9. The molecule has 0 saturated carbocycles. The zero-order valence-electron chi connectivity index (χ0n) is 12.2. The number of carbonyl (C=O) groups is 1. The Morgan fingerprint density at radius 3 is 2.70 bits per heavy atom. The minimum atomic E-state index is -0.925. The van der Waals surface area contributed by atoms with Crippen molar-refractivity contribution >= 4 is 23.6 Å². The van der Waals surface area contributed by atoms with Crippen molar-refractivity contribution in [3.63, 3.8) is 0 Å². The van der Waals surface area contributed by atoms with E-state index in [4.69, 9.17) is 16.3 Å². The van der Waals surface area contributed by atoms with Crippen LogP contribution in [-0.2, 0) is 4.79 Å². The first-order valence-electron chi connectivity index (χ1n) is 6.22. The number of rotatable bonds is 5. The van der Waals surface area contributed by atoms with Crippen LogP contribution in [0.15, 0.2) is 24.3 Å². The third kappa shape index (κ3) is 5.23. The SMILES string of the molecule is COc1ccc(Cl)cc1/C=C/C(=O)N(C)CC(C)(C)O. The van der Waals surface area contributed by atoms with E-state index < -0.39 is 5.60 Å². The van der Waals surface area contributed by atoms with Crippen molar-refractivity contribution in [2.24, 2.45) is 0 Å². The van der Waals surface area contributed by atoms with E-state index >= 15 is 0 Å². The second-order valence-electron chi connectivity index (χ2n) is 5.23. The van der Waals surface area contributed by atoms with Crippen LogP contribution < -0.4 is 4.74 Å². The molecule has 0 bridgehead atoms. The summed E-state index contributed by atoms with van der Waals surface area (Å²) in [5, 5.41) is 10.3. The van der Waals surface area contributed by atoms with Crippen molar-refractivity contribution in [2.45, 2.75) is 19.4 Å². The number of benzene rings is 1. The lowest BCUT2D eigenvalue weighted by Gasteiger charge is -2.24. The van der Waals surface area contributed by atoms with Gasteiger partial charge in [-0.1, -0.05) is 11.6 Å². The zero-order valence-corrected chi connectivity index (χ0v) is 12.9. The van der Waals surface area contributed by atoms with E-state index in [1.807, 2.05) is 0 Å². The molecule has 0 atom stereocenters. The minimum absolute atomic E-state index is 0.200. The van der Waals surface area contributed by atoms with E-state index in [0.717, 1.165) is 5.56 Å². The third-order valence-electron chi connectivity index (χ3n) is 2.60. The molecule has 1 amide bonds. The van der Waals surface area contributed by atoms with Gasteiger partial charge in [0.05, 0.1) is 12.7 Å². The van der Waals surface area contributed by atoms with Crippen LogP contribution in [0.5, 0.6) is 5.75 Å². The summed E-state index contributed by atoms with van der Waals surface area (Å²) < 4.78 is 5.20. The normalized spacial score (nSPS) is 11.7. The molecule has 4 nitrogen and oxygen atoms in total. The number of amides is 1. The molecule has 1 aromatic carbocycles. The molecule has 1 rings (SSSR count).